The Hall–Kier alpha value is -1.72. The maximum atomic E-state index is 11.9. The van der Waals surface area contributed by atoms with Gasteiger partial charge in [-0.05, 0) is 23.7 Å². The predicted molar refractivity (Wildman–Crippen MR) is 68.5 cm³/mol. The highest BCUT2D eigenvalue weighted by Gasteiger charge is 2.12. The van der Waals surface area contributed by atoms with Crippen molar-refractivity contribution in [3.05, 3.63) is 45.4 Å². The minimum atomic E-state index is -0.234. The summed E-state index contributed by atoms with van der Waals surface area (Å²) < 4.78 is 0. The standard InChI is InChI=1S/C11H6ClN3OS/c12-11-14-9(16)8-6(5-17-10(8)15-11)7-3-1-2-4-13-7/h1-5H,(H,14,15,16). The first-order chi connectivity index (χ1) is 8.25. The fourth-order valence-electron chi connectivity index (χ4n) is 1.63. The van der Waals surface area contributed by atoms with Crippen molar-refractivity contribution in [1.29, 1.82) is 0 Å². The van der Waals surface area contributed by atoms with E-state index in [1.807, 2.05) is 23.6 Å². The van der Waals surface area contributed by atoms with Crippen LogP contribution in [0.4, 0.5) is 0 Å². The Labute approximate surface area is 105 Å². The maximum Gasteiger partial charge on any atom is 0.261 e. The predicted octanol–water partition coefficient (Wildman–Crippen LogP) is 2.70. The molecule has 0 aliphatic carbocycles. The van der Waals surface area contributed by atoms with Crippen molar-refractivity contribution < 1.29 is 0 Å². The first-order valence-electron chi connectivity index (χ1n) is 4.84. The minimum Gasteiger partial charge on any atom is -0.297 e. The van der Waals surface area contributed by atoms with Crippen LogP contribution in [0.1, 0.15) is 0 Å². The number of halogens is 1. The van der Waals surface area contributed by atoms with Crippen LogP contribution in [-0.4, -0.2) is 15.0 Å². The van der Waals surface area contributed by atoms with Gasteiger partial charge in [0, 0.05) is 17.1 Å². The average Bonchev–Trinajstić information content (AvgIpc) is 2.74. The number of thiophene rings is 1. The number of fused-ring (bicyclic) bond motifs is 1. The number of nitrogens with zero attached hydrogens (tertiary/aromatic N) is 2. The van der Waals surface area contributed by atoms with Crippen LogP contribution in [0.5, 0.6) is 0 Å². The van der Waals surface area contributed by atoms with Crippen LogP contribution in [0.15, 0.2) is 34.6 Å². The lowest BCUT2D eigenvalue weighted by Gasteiger charge is -1.97. The molecule has 17 heavy (non-hydrogen) atoms. The molecule has 6 heteroatoms. The van der Waals surface area contributed by atoms with Crippen molar-refractivity contribution in [3.8, 4) is 11.3 Å². The summed E-state index contributed by atoms with van der Waals surface area (Å²) in [6, 6.07) is 5.57. The second kappa shape index (κ2) is 3.94. The fraction of sp³-hybridized carbons (Fsp3) is 0. The molecule has 0 radical (unpaired) electrons. The number of aromatic nitrogens is 3. The van der Waals surface area contributed by atoms with E-state index in [9.17, 15) is 4.79 Å². The maximum absolute atomic E-state index is 11.9. The molecule has 0 aliphatic heterocycles. The van der Waals surface area contributed by atoms with E-state index in [1.54, 1.807) is 6.20 Å². The first-order valence-corrected chi connectivity index (χ1v) is 6.10. The Morgan fingerprint density at radius 3 is 3.00 bits per heavy atom. The molecule has 0 unspecified atom stereocenters. The summed E-state index contributed by atoms with van der Waals surface area (Å²) in [6.45, 7) is 0. The van der Waals surface area contributed by atoms with E-state index in [0.717, 1.165) is 11.3 Å². The molecular weight excluding hydrogens is 258 g/mol. The van der Waals surface area contributed by atoms with Gasteiger partial charge in [0.2, 0.25) is 5.28 Å². The normalized spacial score (nSPS) is 10.9. The Morgan fingerprint density at radius 1 is 1.35 bits per heavy atom. The van der Waals surface area contributed by atoms with Crippen LogP contribution < -0.4 is 5.56 Å². The largest absolute Gasteiger partial charge is 0.297 e. The molecule has 3 aromatic heterocycles. The molecule has 3 rings (SSSR count). The second-order valence-corrected chi connectivity index (χ2v) is 4.62. The molecule has 0 saturated carbocycles. The Bertz CT molecular complexity index is 735. The van der Waals surface area contributed by atoms with Crippen LogP contribution in [0, 0.1) is 0 Å². The molecule has 3 aromatic rings. The van der Waals surface area contributed by atoms with Gasteiger partial charge in [-0.3, -0.25) is 14.8 Å². The van der Waals surface area contributed by atoms with Crippen LogP contribution in [-0.2, 0) is 0 Å². The third-order valence-corrected chi connectivity index (χ3v) is 3.41. The quantitative estimate of drug-likeness (QED) is 0.687. The highest BCUT2D eigenvalue weighted by atomic mass is 35.5. The van der Waals surface area contributed by atoms with Crippen molar-refractivity contribution in [1.82, 2.24) is 15.0 Å². The number of rotatable bonds is 1. The highest BCUT2D eigenvalue weighted by Crippen LogP contribution is 2.29. The van der Waals surface area contributed by atoms with Gasteiger partial charge in [0.15, 0.2) is 0 Å². The minimum absolute atomic E-state index is 0.108. The van der Waals surface area contributed by atoms with Gasteiger partial charge in [0.1, 0.15) is 4.83 Å². The molecule has 1 N–H and O–H groups in total. The molecule has 0 atom stereocenters. The summed E-state index contributed by atoms with van der Waals surface area (Å²) in [7, 11) is 0. The summed E-state index contributed by atoms with van der Waals surface area (Å²) >= 11 is 7.09. The van der Waals surface area contributed by atoms with Crippen molar-refractivity contribution in [2.24, 2.45) is 0 Å². The van der Waals surface area contributed by atoms with Gasteiger partial charge in [-0.25, -0.2) is 4.98 Å². The number of hydrogen-bond donors (Lipinski definition) is 1. The van der Waals surface area contributed by atoms with E-state index in [1.165, 1.54) is 11.3 Å². The Kier molecular flexibility index (Phi) is 2.42. The van der Waals surface area contributed by atoms with Gasteiger partial charge < -0.3 is 0 Å². The third-order valence-electron chi connectivity index (χ3n) is 2.36. The van der Waals surface area contributed by atoms with E-state index in [-0.39, 0.29) is 10.8 Å². The topological polar surface area (TPSA) is 58.6 Å². The van der Waals surface area contributed by atoms with E-state index >= 15 is 0 Å². The van der Waals surface area contributed by atoms with Gasteiger partial charge in [0.25, 0.3) is 5.56 Å². The number of pyridine rings is 1. The monoisotopic (exact) mass is 263 g/mol. The van der Waals surface area contributed by atoms with Crippen molar-refractivity contribution in [3.63, 3.8) is 0 Å². The van der Waals surface area contributed by atoms with Gasteiger partial charge in [-0.1, -0.05) is 6.07 Å². The van der Waals surface area contributed by atoms with Gasteiger partial charge in [0.05, 0.1) is 11.1 Å². The zero-order chi connectivity index (χ0) is 11.8. The zero-order valence-corrected chi connectivity index (χ0v) is 10.0. The van der Waals surface area contributed by atoms with E-state index < -0.39 is 0 Å². The molecule has 0 fully saturated rings. The number of H-pyrrole nitrogens is 1. The number of nitrogens with one attached hydrogen (secondary N) is 1. The molecule has 3 heterocycles. The van der Waals surface area contributed by atoms with Gasteiger partial charge >= 0.3 is 0 Å². The van der Waals surface area contributed by atoms with Crippen molar-refractivity contribution in [2.75, 3.05) is 0 Å². The molecule has 84 valence electrons. The van der Waals surface area contributed by atoms with Crippen LogP contribution in [0.3, 0.4) is 0 Å². The average molecular weight is 264 g/mol. The van der Waals surface area contributed by atoms with Crippen LogP contribution in [0.2, 0.25) is 5.28 Å². The fourth-order valence-corrected chi connectivity index (χ4v) is 2.79. The molecule has 0 amide bonds. The second-order valence-electron chi connectivity index (χ2n) is 3.40. The zero-order valence-electron chi connectivity index (χ0n) is 8.48. The van der Waals surface area contributed by atoms with E-state index in [4.69, 9.17) is 11.6 Å². The summed E-state index contributed by atoms with van der Waals surface area (Å²) in [6.07, 6.45) is 1.69. The summed E-state index contributed by atoms with van der Waals surface area (Å²) in [5, 5.41) is 2.51. The van der Waals surface area contributed by atoms with E-state index in [2.05, 4.69) is 15.0 Å². The van der Waals surface area contributed by atoms with Gasteiger partial charge in [-0.2, -0.15) is 0 Å². The Morgan fingerprint density at radius 2 is 2.24 bits per heavy atom. The first kappa shape index (κ1) is 10.4. The molecule has 0 aromatic carbocycles. The van der Waals surface area contributed by atoms with Gasteiger partial charge in [-0.15, -0.1) is 11.3 Å². The van der Waals surface area contributed by atoms with Crippen molar-refractivity contribution in [2.45, 2.75) is 0 Å². The SMILES string of the molecule is O=c1[nH]c(Cl)nc2scc(-c3ccccn3)c12. The lowest BCUT2D eigenvalue weighted by atomic mass is 10.1. The smallest absolute Gasteiger partial charge is 0.261 e. The molecule has 0 aliphatic rings. The molecule has 0 saturated heterocycles. The lowest BCUT2D eigenvalue weighted by Crippen LogP contribution is -2.07. The van der Waals surface area contributed by atoms with Crippen molar-refractivity contribution >= 4 is 33.2 Å². The van der Waals surface area contributed by atoms with E-state index in [0.29, 0.717) is 10.2 Å². The number of hydrogen-bond acceptors (Lipinski definition) is 4. The Balaban J connectivity index is 2.37. The summed E-state index contributed by atoms with van der Waals surface area (Å²) in [5.41, 5.74) is 1.31. The molecular formula is C11H6ClN3OS. The summed E-state index contributed by atoms with van der Waals surface area (Å²) in [4.78, 5) is 23.3. The third kappa shape index (κ3) is 1.73. The van der Waals surface area contributed by atoms with Crippen LogP contribution in [0.25, 0.3) is 21.5 Å². The molecule has 0 spiro atoms. The number of aromatic amines is 1. The van der Waals surface area contributed by atoms with Crippen LogP contribution >= 0.6 is 22.9 Å². The molecule has 4 nitrogen and oxygen atoms in total. The molecule has 0 bridgehead atoms. The lowest BCUT2D eigenvalue weighted by molar-refractivity contribution is 1.18. The summed E-state index contributed by atoms with van der Waals surface area (Å²) in [5.74, 6) is 0. The highest BCUT2D eigenvalue weighted by molar-refractivity contribution is 7.17.